The van der Waals surface area contributed by atoms with Crippen LogP contribution >= 0.6 is 0 Å². The fourth-order valence-corrected chi connectivity index (χ4v) is 6.13. The second-order valence-corrected chi connectivity index (χ2v) is 13.8. The number of halogens is 1. The van der Waals surface area contributed by atoms with Crippen molar-refractivity contribution in [2.45, 2.75) is 71.4 Å². The minimum absolute atomic E-state index is 0.0716. The first-order valence-electron chi connectivity index (χ1n) is 16.8. The molecule has 1 saturated carbocycles. The van der Waals surface area contributed by atoms with Crippen LogP contribution in [0.4, 0.5) is 14.9 Å². The van der Waals surface area contributed by atoms with Crippen molar-refractivity contribution in [2.24, 2.45) is 11.8 Å². The summed E-state index contributed by atoms with van der Waals surface area (Å²) in [5.41, 5.74) is 3.23. The number of amides is 3. The van der Waals surface area contributed by atoms with Gasteiger partial charge in [-0.15, -0.1) is 10.2 Å². The number of anilines is 1. The van der Waals surface area contributed by atoms with Crippen LogP contribution in [0.5, 0.6) is 0 Å². The largest absolute Gasteiger partial charge is 0.478 e. The Morgan fingerprint density at radius 3 is 2.29 bits per heavy atom. The Labute approximate surface area is 294 Å². The number of nitrogens with one attached hydrogen (secondary N) is 4. The van der Waals surface area contributed by atoms with E-state index >= 15 is 0 Å². The molecule has 1 fully saturated rings. The Hall–Kier alpha value is -5.66. The molecule has 1 atom stereocenters. The van der Waals surface area contributed by atoms with Crippen LogP contribution in [0.15, 0.2) is 60.7 Å². The van der Waals surface area contributed by atoms with E-state index in [1.807, 2.05) is 31.2 Å². The third-order valence-corrected chi connectivity index (χ3v) is 8.79. The number of aromatic amines is 1. The van der Waals surface area contributed by atoms with Gasteiger partial charge in [-0.25, -0.2) is 14.0 Å². The molecule has 14 heteroatoms. The topological polar surface area (TPSA) is 188 Å². The molecule has 0 saturated heterocycles. The minimum Gasteiger partial charge on any atom is -0.478 e. The molecule has 0 aliphatic heterocycles. The highest BCUT2D eigenvalue weighted by atomic mass is 19.1. The van der Waals surface area contributed by atoms with Crippen molar-refractivity contribution in [1.82, 2.24) is 31.3 Å². The maximum Gasteiger partial charge on any atom is 0.407 e. The van der Waals surface area contributed by atoms with Crippen LogP contribution in [-0.4, -0.2) is 67.8 Å². The van der Waals surface area contributed by atoms with Crippen molar-refractivity contribution >= 4 is 29.6 Å². The second kappa shape index (κ2) is 15.9. The van der Waals surface area contributed by atoms with Gasteiger partial charge in [-0.3, -0.25) is 9.59 Å². The minimum atomic E-state index is -1.000. The number of tetrazole rings is 1. The summed E-state index contributed by atoms with van der Waals surface area (Å²) in [6.07, 6.45) is 2.33. The number of ether oxygens (including phenoxy) is 1. The maximum absolute atomic E-state index is 14.9. The average molecular weight is 700 g/mol. The third kappa shape index (κ3) is 9.96. The van der Waals surface area contributed by atoms with E-state index in [1.165, 1.54) is 12.1 Å². The van der Waals surface area contributed by atoms with Crippen LogP contribution in [0.1, 0.15) is 67.9 Å². The van der Waals surface area contributed by atoms with Crippen molar-refractivity contribution in [2.75, 3.05) is 11.9 Å². The number of hydrogen-bond donors (Lipinski definition) is 5. The number of alkyl carbamates (subject to hydrolysis) is 1. The van der Waals surface area contributed by atoms with Gasteiger partial charge in [0.15, 0.2) is 0 Å². The summed E-state index contributed by atoms with van der Waals surface area (Å²) >= 11 is 0. The Morgan fingerprint density at radius 2 is 1.69 bits per heavy atom. The monoisotopic (exact) mass is 699 g/mol. The lowest BCUT2D eigenvalue weighted by Gasteiger charge is -2.29. The molecule has 0 spiro atoms. The third-order valence-electron chi connectivity index (χ3n) is 8.79. The summed E-state index contributed by atoms with van der Waals surface area (Å²) < 4.78 is 20.3. The van der Waals surface area contributed by atoms with Crippen molar-refractivity contribution in [3.05, 3.63) is 83.2 Å². The van der Waals surface area contributed by atoms with Gasteiger partial charge in [-0.1, -0.05) is 30.3 Å². The Morgan fingerprint density at radius 1 is 0.980 bits per heavy atom. The van der Waals surface area contributed by atoms with Crippen molar-refractivity contribution in [3.8, 4) is 22.5 Å². The molecular weight excluding hydrogens is 657 g/mol. The highest BCUT2D eigenvalue weighted by Gasteiger charge is 2.30. The molecule has 1 aromatic heterocycles. The molecule has 1 aliphatic rings. The van der Waals surface area contributed by atoms with Gasteiger partial charge >= 0.3 is 12.1 Å². The first-order valence-corrected chi connectivity index (χ1v) is 16.8. The van der Waals surface area contributed by atoms with Gasteiger partial charge in [0.2, 0.25) is 17.6 Å². The molecule has 5 rings (SSSR count). The average Bonchev–Trinajstić information content (AvgIpc) is 3.62. The molecule has 1 heterocycles. The van der Waals surface area contributed by atoms with Crippen LogP contribution < -0.4 is 16.0 Å². The standard InChI is InChI=1S/C37H42FN7O6/c1-21-17-26(35(48)49)13-15-28(21)24-9-5-22(6-10-24)18-31(34(47)40-27-14-16-29(30(38)19-27)32-42-44-45-43-32)41-33(46)25-11-7-23(8-12-25)20-39-36(50)51-37(2,3)4/h5-6,9-10,13-17,19,23,25,31H,7-8,11-12,18,20H2,1-4H3,(H,39,50)(H,40,47)(H,41,46)(H,48,49)(H,42,43,44,45)/t23-,25-,31?. The quantitative estimate of drug-likeness (QED) is 0.131. The molecule has 268 valence electrons. The summed E-state index contributed by atoms with van der Waals surface area (Å²) in [5, 5.41) is 31.1. The molecule has 1 unspecified atom stereocenters. The number of aryl methyl sites for hydroxylation is 1. The molecule has 0 bridgehead atoms. The van der Waals surface area contributed by atoms with Gasteiger partial charge in [-0.2, -0.15) is 5.21 Å². The Balaban J connectivity index is 1.27. The highest BCUT2D eigenvalue weighted by molar-refractivity contribution is 5.98. The number of carbonyl (C=O) groups is 4. The highest BCUT2D eigenvalue weighted by Crippen LogP contribution is 2.30. The number of aromatic carboxylic acids is 1. The number of benzene rings is 3. The van der Waals surface area contributed by atoms with Crippen LogP contribution in [0.3, 0.4) is 0 Å². The van der Waals surface area contributed by atoms with E-state index < -0.39 is 35.4 Å². The van der Waals surface area contributed by atoms with E-state index in [9.17, 15) is 28.7 Å². The lowest BCUT2D eigenvalue weighted by molar-refractivity contribution is -0.130. The normalized spacial score (nSPS) is 16.5. The number of carboxylic acids is 1. The zero-order valence-electron chi connectivity index (χ0n) is 29.0. The van der Waals surface area contributed by atoms with Gasteiger partial charge in [0.1, 0.15) is 17.5 Å². The maximum atomic E-state index is 14.9. The zero-order valence-corrected chi connectivity index (χ0v) is 29.0. The molecule has 3 amide bonds. The number of hydrogen-bond acceptors (Lipinski definition) is 8. The van der Waals surface area contributed by atoms with E-state index in [2.05, 4.69) is 36.6 Å². The number of H-pyrrole nitrogens is 1. The van der Waals surface area contributed by atoms with E-state index in [0.717, 1.165) is 41.2 Å². The van der Waals surface area contributed by atoms with Gasteiger partial charge in [0.05, 0.1) is 11.1 Å². The Bertz CT molecular complexity index is 1870. The molecule has 5 N–H and O–H groups in total. The van der Waals surface area contributed by atoms with Crippen LogP contribution in [0.2, 0.25) is 0 Å². The van der Waals surface area contributed by atoms with E-state index in [0.29, 0.717) is 19.4 Å². The van der Waals surface area contributed by atoms with Crippen molar-refractivity contribution in [1.29, 1.82) is 0 Å². The number of carbonyl (C=O) groups excluding carboxylic acids is 3. The molecule has 51 heavy (non-hydrogen) atoms. The second-order valence-electron chi connectivity index (χ2n) is 13.8. The smallest absolute Gasteiger partial charge is 0.407 e. The Kier molecular flexibility index (Phi) is 11.4. The summed E-state index contributed by atoms with van der Waals surface area (Å²) in [5.74, 6) is -2.47. The van der Waals surface area contributed by atoms with Crippen LogP contribution in [-0.2, 0) is 20.7 Å². The lowest BCUT2D eigenvalue weighted by atomic mass is 9.81. The fraction of sp³-hybridized carbons (Fsp3) is 0.378. The molecule has 13 nitrogen and oxygen atoms in total. The summed E-state index contributed by atoms with van der Waals surface area (Å²) in [6.45, 7) is 7.70. The number of rotatable bonds is 11. The molecule has 3 aromatic carbocycles. The van der Waals surface area contributed by atoms with Gasteiger partial charge in [0.25, 0.3) is 0 Å². The van der Waals surface area contributed by atoms with E-state index in [-0.39, 0.29) is 46.8 Å². The van der Waals surface area contributed by atoms with Crippen LogP contribution in [0.25, 0.3) is 22.5 Å². The summed E-state index contributed by atoms with van der Waals surface area (Å²) in [4.78, 5) is 50.7. The molecular formula is C37H42FN7O6. The number of aromatic nitrogens is 4. The molecule has 0 radical (unpaired) electrons. The summed E-state index contributed by atoms with van der Waals surface area (Å²) in [6, 6.07) is 15.5. The summed E-state index contributed by atoms with van der Waals surface area (Å²) in [7, 11) is 0. The molecule has 4 aromatic rings. The SMILES string of the molecule is Cc1cc(C(=O)O)ccc1-c1ccc(CC(NC(=O)[C@H]2CC[C@H](CNC(=O)OC(C)(C)C)CC2)C(=O)Nc2ccc(-c3nn[nH]n3)c(F)c2)cc1. The van der Waals surface area contributed by atoms with Crippen molar-refractivity contribution < 1.29 is 33.4 Å². The van der Waals surface area contributed by atoms with Gasteiger partial charge in [0, 0.05) is 24.6 Å². The van der Waals surface area contributed by atoms with E-state index in [1.54, 1.807) is 39.0 Å². The predicted molar refractivity (Wildman–Crippen MR) is 187 cm³/mol. The number of nitrogens with zero attached hydrogens (tertiary/aromatic N) is 3. The fourth-order valence-electron chi connectivity index (χ4n) is 6.13. The predicted octanol–water partition coefficient (Wildman–Crippen LogP) is 5.68. The lowest BCUT2D eigenvalue weighted by Crippen LogP contribution is -2.48. The first kappa shape index (κ1) is 36.6. The van der Waals surface area contributed by atoms with E-state index in [4.69, 9.17) is 4.74 Å². The van der Waals surface area contributed by atoms with Crippen LogP contribution in [0, 0.1) is 24.6 Å². The zero-order chi connectivity index (χ0) is 36.7. The number of carboxylic acid groups (broad SMARTS) is 1. The van der Waals surface area contributed by atoms with Crippen molar-refractivity contribution in [3.63, 3.8) is 0 Å². The first-order chi connectivity index (χ1) is 24.3. The van der Waals surface area contributed by atoms with Gasteiger partial charge in [-0.05, 0) is 117 Å². The molecule has 1 aliphatic carbocycles. The van der Waals surface area contributed by atoms with Gasteiger partial charge < -0.3 is 25.8 Å².